The van der Waals surface area contributed by atoms with Crippen LogP contribution in [-0.4, -0.2) is 38.1 Å². The molecule has 0 aliphatic heterocycles. The fourth-order valence-electron chi connectivity index (χ4n) is 1.59. The van der Waals surface area contributed by atoms with Crippen molar-refractivity contribution in [3.63, 3.8) is 0 Å². The van der Waals surface area contributed by atoms with Crippen LogP contribution in [0.3, 0.4) is 0 Å². The Morgan fingerprint density at radius 1 is 1.43 bits per heavy atom. The Labute approximate surface area is 136 Å². The number of carbonyl (C=O) groups excluding carboxylic acids is 2. The first-order valence-corrected chi connectivity index (χ1v) is 7.80. The number of anilines is 2. The molecule has 0 aromatic carbocycles. The van der Waals surface area contributed by atoms with Crippen LogP contribution in [0.25, 0.3) is 0 Å². The molecule has 0 aliphatic rings. The number of aromatic nitrogens is 2. The van der Waals surface area contributed by atoms with Crippen LogP contribution in [0.15, 0.2) is 28.9 Å². The van der Waals surface area contributed by atoms with E-state index in [1.807, 2.05) is 0 Å². The van der Waals surface area contributed by atoms with E-state index >= 15 is 0 Å². The number of hydrogen-bond acceptors (Lipinski definition) is 7. The van der Waals surface area contributed by atoms with Crippen LogP contribution in [0, 0.1) is 6.92 Å². The molecule has 0 radical (unpaired) electrons. The van der Waals surface area contributed by atoms with E-state index in [9.17, 15) is 14.7 Å². The molecule has 0 spiro atoms. The van der Waals surface area contributed by atoms with Crippen molar-refractivity contribution in [1.82, 2.24) is 10.1 Å². The molecule has 0 bridgehead atoms. The highest BCUT2D eigenvalue weighted by Gasteiger charge is 2.17. The average Bonchev–Trinajstić information content (AvgIpc) is 2.92. The smallest absolute Gasteiger partial charge is 0.238 e. The second-order valence-corrected chi connectivity index (χ2v) is 6.01. The summed E-state index contributed by atoms with van der Waals surface area (Å²) in [5, 5.41) is 17.8. The fraction of sp³-hybridized carbons (Fsp3) is 0.286. The highest BCUT2D eigenvalue weighted by Crippen LogP contribution is 2.19. The minimum atomic E-state index is -0.463. The summed E-state index contributed by atoms with van der Waals surface area (Å²) in [5.41, 5.74) is 0. The average molecular weight is 336 g/mol. The monoisotopic (exact) mass is 336 g/mol. The van der Waals surface area contributed by atoms with E-state index < -0.39 is 5.25 Å². The van der Waals surface area contributed by atoms with E-state index in [1.165, 1.54) is 12.3 Å². The molecule has 122 valence electrons. The number of carbonyl (C=O) groups is 2. The number of nitrogens with one attached hydrogen (secondary N) is 2. The van der Waals surface area contributed by atoms with Crippen LogP contribution in [0.5, 0.6) is 5.75 Å². The Morgan fingerprint density at radius 3 is 2.87 bits per heavy atom. The molecule has 9 heteroatoms. The molecular formula is C14H16N4O4S. The van der Waals surface area contributed by atoms with E-state index in [4.69, 9.17) is 4.52 Å². The lowest BCUT2D eigenvalue weighted by atomic mass is 10.4. The Bertz CT molecular complexity index is 704. The largest absolute Gasteiger partial charge is 0.504 e. The van der Waals surface area contributed by atoms with Crippen LogP contribution in [-0.2, 0) is 9.59 Å². The van der Waals surface area contributed by atoms with Crippen molar-refractivity contribution in [3.8, 4) is 5.75 Å². The molecule has 0 fully saturated rings. The Kier molecular flexibility index (Phi) is 5.58. The zero-order valence-electron chi connectivity index (χ0n) is 12.6. The summed E-state index contributed by atoms with van der Waals surface area (Å²) in [6.07, 6.45) is 1.46. The molecule has 23 heavy (non-hydrogen) atoms. The van der Waals surface area contributed by atoms with E-state index in [-0.39, 0.29) is 29.1 Å². The van der Waals surface area contributed by atoms with Crippen molar-refractivity contribution >= 4 is 35.2 Å². The first-order chi connectivity index (χ1) is 11.0. The van der Waals surface area contributed by atoms with Crippen LogP contribution in [0.4, 0.5) is 11.6 Å². The number of aromatic hydroxyl groups is 1. The predicted octanol–water partition coefficient (Wildman–Crippen LogP) is 1.78. The van der Waals surface area contributed by atoms with Gasteiger partial charge in [-0.25, -0.2) is 4.98 Å². The Morgan fingerprint density at radius 2 is 2.22 bits per heavy atom. The Balaban J connectivity index is 1.79. The summed E-state index contributed by atoms with van der Waals surface area (Å²) in [5.74, 6) is 0.310. The maximum absolute atomic E-state index is 11.9. The number of aryl methyl sites for hydroxylation is 1. The lowest BCUT2D eigenvalue weighted by molar-refractivity contribution is -0.115. The van der Waals surface area contributed by atoms with Crippen molar-refractivity contribution in [2.24, 2.45) is 0 Å². The molecule has 2 amide bonds. The van der Waals surface area contributed by atoms with Crippen molar-refractivity contribution in [3.05, 3.63) is 30.2 Å². The van der Waals surface area contributed by atoms with Gasteiger partial charge in [-0.2, -0.15) is 0 Å². The summed E-state index contributed by atoms with van der Waals surface area (Å²) in [6.45, 7) is 3.40. The molecule has 3 N–H and O–H groups in total. The van der Waals surface area contributed by atoms with Crippen molar-refractivity contribution < 1.29 is 19.2 Å². The van der Waals surface area contributed by atoms with Gasteiger partial charge in [-0.1, -0.05) is 5.16 Å². The summed E-state index contributed by atoms with van der Waals surface area (Å²) >= 11 is 1.15. The van der Waals surface area contributed by atoms with Gasteiger partial charge < -0.3 is 20.3 Å². The summed E-state index contributed by atoms with van der Waals surface area (Å²) in [6, 6.07) is 4.58. The molecule has 2 aromatic rings. The van der Waals surface area contributed by atoms with Gasteiger partial charge in [0.25, 0.3) is 0 Å². The van der Waals surface area contributed by atoms with Crippen molar-refractivity contribution in [2.45, 2.75) is 19.1 Å². The van der Waals surface area contributed by atoms with Gasteiger partial charge in [0.15, 0.2) is 17.4 Å². The third-order valence-electron chi connectivity index (χ3n) is 2.76. The number of pyridine rings is 1. The van der Waals surface area contributed by atoms with E-state index in [2.05, 4.69) is 20.8 Å². The standard InChI is InChI=1S/C14H16N4O4S/c1-8-6-11(18-22-8)16-14(21)9(2)23-7-12(20)17-13-10(19)4-3-5-15-13/h3-6,9,19H,7H2,1-2H3,(H,15,17,20)(H,16,18,21)/t9-/m0/s1. The highest BCUT2D eigenvalue weighted by atomic mass is 32.2. The molecule has 8 nitrogen and oxygen atoms in total. The lowest BCUT2D eigenvalue weighted by Crippen LogP contribution is -2.25. The van der Waals surface area contributed by atoms with Gasteiger partial charge in [0.1, 0.15) is 5.76 Å². The molecule has 0 saturated heterocycles. The predicted molar refractivity (Wildman–Crippen MR) is 86.3 cm³/mol. The molecule has 2 heterocycles. The first kappa shape index (κ1) is 16.8. The third-order valence-corrected chi connectivity index (χ3v) is 3.90. The lowest BCUT2D eigenvalue weighted by Gasteiger charge is -2.10. The maximum Gasteiger partial charge on any atom is 0.238 e. The van der Waals surface area contributed by atoms with Gasteiger partial charge in [0, 0.05) is 12.3 Å². The first-order valence-electron chi connectivity index (χ1n) is 6.75. The highest BCUT2D eigenvalue weighted by molar-refractivity contribution is 8.01. The minimum Gasteiger partial charge on any atom is -0.504 e. The molecule has 2 aromatic heterocycles. The van der Waals surface area contributed by atoms with Crippen molar-refractivity contribution in [2.75, 3.05) is 16.4 Å². The minimum absolute atomic E-state index is 0.0441. The van der Waals surface area contributed by atoms with E-state index in [1.54, 1.807) is 26.0 Å². The maximum atomic E-state index is 11.9. The molecule has 0 aliphatic carbocycles. The summed E-state index contributed by atoms with van der Waals surface area (Å²) in [7, 11) is 0. The van der Waals surface area contributed by atoms with Gasteiger partial charge >= 0.3 is 0 Å². The molecule has 0 unspecified atom stereocenters. The number of hydrogen-bond donors (Lipinski definition) is 3. The molecule has 2 rings (SSSR count). The quantitative estimate of drug-likeness (QED) is 0.736. The van der Waals surface area contributed by atoms with Crippen LogP contribution >= 0.6 is 11.8 Å². The molecule has 1 atom stereocenters. The zero-order valence-corrected chi connectivity index (χ0v) is 13.4. The topological polar surface area (TPSA) is 117 Å². The molecular weight excluding hydrogens is 320 g/mol. The molecule has 0 saturated carbocycles. The number of thioether (sulfide) groups is 1. The van der Waals surface area contributed by atoms with Gasteiger partial charge in [0.2, 0.25) is 11.8 Å². The van der Waals surface area contributed by atoms with Gasteiger partial charge in [0.05, 0.1) is 11.0 Å². The van der Waals surface area contributed by atoms with E-state index in [0.717, 1.165) is 11.8 Å². The van der Waals surface area contributed by atoms with Crippen LogP contribution in [0.2, 0.25) is 0 Å². The second-order valence-electron chi connectivity index (χ2n) is 4.68. The van der Waals surface area contributed by atoms with Crippen LogP contribution in [0.1, 0.15) is 12.7 Å². The SMILES string of the molecule is Cc1cc(NC(=O)[C@H](C)SCC(=O)Nc2ncccc2O)no1. The van der Waals surface area contributed by atoms with Gasteiger partial charge in [-0.3, -0.25) is 9.59 Å². The fourth-order valence-corrected chi connectivity index (χ4v) is 2.27. The second kappa shape index (κ2) is 7.63. The number of rotatable bonds is 6. The van der Waals surface area contributed by atoms with Crippen molar-refractivity contribution in [1.29, 1.82) is 0 Å². The Hall–Kier alpha value is -2.55. The van der Waals surface area contributed by atoms with Crippen LogP contribution < -0.4 is 10.6 Å². The summed E-state index contributed by atoms with van der Waals surface area (Å²) in [4.78, 5) is 27.6. The number of amides is 2. The number of nitrogens with zero attached hydrogens (tertiary/aromatic N) is 2. The normalized spacial score (nSPS) is 11.7. The van der Waals surface area contributed by atoms with Gasteiger partial charge in [-0.15, -0.1) is 11.8 Å². The zero-order chi connectivity index (χ0) is 16.8. The van der Waals surface area contributed by atoms with E-state index in [0.29, 0.717) is 11.6 Å². The van der Waals surface area contributed by atoms with Gasteiger partial charge in [-0.05, 0) is 26.0 Å². The summed E-state index contributed by atoms with van der Waals surface area (Å²) < 4.78 is 4.85. The third kappa shape index (κ3) is 4.99.